The number of hydrogen-bond acceptors (Lipinski definition) is 2. The van der Waals surface area contributed by atoms with Gasteiger partial charge in [-0.15, -0.1) is 0 Å². The minimum absolute atomic E-state index is 0.0787. The predicted octanol–water partition coefficient (Wildman–Crippen LogP) is 4.43. The van der Waals surface area contributed by atoms with Gasteiger partial charge in [0.25, 0.3) is 0 Å². The number of benzene rings is 2. The van der Waals surface area contributed by atoms with E-state index >= 15 is 0 Å². The van der Waals surface area contributed by atoms with Gasteiger partial charge in [-0.1, -0.05) is 56.1 Å². The lowest BCUT2D eigenvalue weighted by Crippen LogP contribution is -2.30. The van der Waals surface area contributed by atoms with E-state index in [-0.39, 0.29) is 5.41 Å². The van der Waals surface area contributed by atoms with Crippen LogP contribution in [0.4, 0.5) is 0 Å². The van der Waals surface area contributed by atoms with E-state index in [4.69, 9.17) is 0 Å². The maximum absolute atomic E-state index is 11.4. The van der Waals surface area contributed by atoms with Crippen molar-refractivity contribution in [3.05, 3.63) is 68.6 Å². The average Bonchev–Trinajstić information content (AvgIpc) is 2.96. The smallest absolute Gasteiger partial charge is 0.320 e. The molecule has 3 rings (SSSR count). The minimum atomic E-state index is -0.761. The molecule has 0 aliphatic carbocycles. The van der Waals surface area contributed by atoms with Crippen molar-refractivity contribution in [2.24, 2.45) is 5.41 Å². The Balaban J connectivity index is 1.84. The average molecular weight is 453 g/mol. The number of hydrogen-bond donors (Lipinski definition) is 2. The second-order valence-corrected chi connectivity index (χ2v) is 8.41. The Kier molecular flexibility index (Phi) is 5.42. The van der Waals surface area contributed by atoms with Crippen molar-refractivity contribution in [3.8, 4) is 0 Å². The summed E-state index contributed by atoms with van der Waals surface area (Å²) in [6, 6.07) is 16.2. The van der Waals surface area contributed by atoms with Crippen LogP contribution in [0.15, 0.2) is 57.5 Å². The summed E-state index contributed by atoms with van der Waals surface area (Å²) in [7, 11) is 0. The molecule has 1 fully saturated rings. The van der Waals surface area contributed by atoms with Crippen LogP contribution in [0, 0.1) is 5.41 Å². The summed E-state index contributed by atoms with van der Waals surface area (Å²) in [5, 5.41) is 12.6. The summed E-state index contributed by atoms with van der Waals surface area (Å²) >= 11 is 6.93. The first kappa shape index (κ1) is 17.6. The van der Waals surface area contributed by atoms with Gasteiger partial charge in [0.2, 0.25) is 0 Å². The fourth-order valence-electron chi connectivity index (χ4n) is 3.49. The summed E-state index contributed by atoms with van der Waals surface area (Å²) in [6.07, 6.45) is 2.38. The van der Waals surface area contributed by atoms with Crippen LogP contribution in [-0.4, -0.2) is 23.7 Å². The molecule has 1 saturated heterocycles. The Morgan fingerprint density at radius 2 is 1.46 bits per heavy atom. The first-order valence-corrected chi connectivity index (χ1v) is 9.49. The molecule has 126 valence electrons. The Morgan fingerprint density at radius 1 is 1.00 bits per heavy atom. The highest BCUT2D eigenvalue weighted by Gasteiger charge is 2.41. The molecule has 1 heterocycles. The third kappa shape index (κ3) is 4.26. The molecule has 0 spiro atoms. The van der Waals surface area contributed by atoms with Crippen LogP contribution in [0.3, 0.4) is 0 Å². The lowest BCUT2D eigenvalue weighted by Gasteiger charge is -2.29. The van der Waals surface area contributed by atoms with Gasteiger partial charge in [-0.05, 0) is 60.1 Å². The van der Waals surface area contributed by atoms with Gasteiger partial charge < -0.3 is 10.4 Å². The van der Waals surface area contributed by atoms with E-state index in [1.165, 1.54) is 11.1 Å². The number of carboxylic acids is 1. The molecule has 0 saturated carbocycles. The molecule has 1 aliphatic rings. The molecule has 1 atom stereocenters. The molecule has 1 aliphatic heterocycles. The van der Waals surface area contributed by atoms with Crippen LogP contribution >= 0.6 is 31.9 Å². The van der Waals surface area contributed by atoms with Crippen LogP contribution < -0.4 is 5.32 Å². The maximum atomic E-state index is 11.4. The summed E-state index contributed by atoms with van der Waals surface area (Å²) in [5.41, 5.74) is 2.40. The van der Waals surface area contributed by atoms with Crippen LogP contribution in [-0.2, 0) is 17.6 Å². The van der Waals surface area contributed by atoms with E-state index in [0.717, 1.165) is 28.3 Å². The van der Waals surface area contributed by atoms with Gasteiger partial charge >= 0.3 is 5.97 Å². The van der Waals surface area contributed by atoms with E-state index in [1.54, 1.807) is 0 Å². The zero-order valence-electron chi connectivity index (χ0n) is 13.1. The highest BCUT2D eigenvalue weighted by Crippen LogP contribution is 2.37. The second kappa shape index (κ2) is 7.38. The lowest BCUT2D eigenvalue weighted by atomic mass is 9.75. The van der Waals surface area contributed by atoms with Gasteiger partial charge in [0.15, 0.2) is 0 Å². The molecule has 2 aromatic carbocycles. The molecule has 0 amide bonds. The molecule has 0 unspecified atom stereocenters. The minimum Gasteiger partial charge on any atom is -0.480 e. The van der Waals surface area contributed by atoms with Gasteiger partial charge in [-0.25, -0.2) is 0 Å². The van der Waals surface area contributed by atoms with Crippen molar-refractivity contribution < 1.29 is 9.90 Å². The SMILES string of the molecule is O=C(O)[C@@H]1CC(Cc2ccc(Br)cc2)(Cc2ccc(Br)cc2)CN1. The Labute approximate surface area is 158 Å². The monoisotopic (exact) mass is 451 g/mol. The van der Waals surface area contributed by atoms with E-state index in [0.29, 0.717) is 6.42 Å². The number of aliphatic carboxylic acids is 1. The zero-order valence-corrected chi connectivity index (χ0v) is 16.3. The third-order valence-corrected chi connectivity index (χ3v) is 5.70. The standard InChI is InChI=1S/C19H19Br2NO2/c20-15-5-1-13(2-6-15)9-19(11-17(18(23)24)22-12-19)10-14-3-7-16(21)8-4-14/h1-8,17,22H,9-12H2,(H,23,24)/t17-/m0/s1. The van der Waals surface area contributed by atoms with Gasteiger partial charge in [0, 0.05) is 15.5 Å². The fourth-order valence-corrected chi connectivity index (χ4v) is 4.02. The zero-order chi connectivity index (χ0) is 17.2. The normalized spacial score (nSPS) is 19.3. The summed E-state index contributed by atoms with van der Waals surface area (Å²) in [6.45, 7) is 0.718. The molecule has 2 N–H and O–H groups in total. The quantitative estimate of drug-likeness (QED) is 0.705. The second-order valence-electron chi connectivity index (χ2n) is 6.58. The highest BCUT2D eigenvalue weighted by atomic mass is 79.9. The fraction of sp³-hybridized carbons (Fsp3) is 0.316. The van der Waals surface area contributed by atoms with E-state index in [9.17, 15) is 9.90 Å². The van der Waals surface area contributed by atoms with Crippen LogP contribution in [0.5, 0.6) is 0 Å². The molecule has 3 nitrogen and oxygen atoms in total. The molecule has 0 bridgehead atoms. The van der Waals surface area contributed by atoms with Crippen molar-refractivity contribution >= 4 is 37.8 Å². The van der Waals surface area contributed by atoms with E-state index in [1.807, 2.05) is 24.3 Å². The Bertz CT molecular complexity index is 666. The number of carboxylic acid groups (broad SMARTS) is 1. The topological polar surface area (TPSA) is 49.3 Å². The third-order valence-electron chi connectivity index (χ3n) is 4.64. The Morgan fingerprint density at radius 3 is 1.83 bits per heavy atom. The summed E-state index contributed by atoms with van der Waals surface area (Å²) < 4.78 is 2.11. The lowest BCUT2D eigenvalue weighted by molar-refractivity contribution is -0.139. The summed E-state index contributed by atoms with van der Waals surface area (Å²) in [4.78, 5) is 11.4. The molecule has 2 aromatic rings. The molecular formula is C19H19Br2NO2. The van der Waals surface area contributed by atoms with E-state index in [2.05, 4.69) is 61.4 Å². The van der Waals surface area contributed by atoms with Crippen LogP contribution in [0.1, 0.15) is 17.5 Å². The van der Waals surface area contributed by atoms with Gasteiger partial charge in [0.1, 0.15) is 6.04 Å². The molecule has 0 aromatic heterocycles. The number of nitrogens with one attached hydrogen (secondary N) is 1. The van der Waals surface area contributed by atoms with E-state index < -0.39 is 12.0 Å². The molecule has 0 radical (unpaired) electrons. The molecular weight excluding hydrogens is 434 g/mol. The largest absolute Gasteiger partial charge is 0.480 e. The first-order valence-electron chi connectivity index (χ1n) is 7.91. The predicted molar refractivity (Wildman–Crippen MR) is 102 cm³/mol. The molecule has 24 heavy (non-hydrogen) atoms. The number of carbonyl (C=O) groups is 1. The maximum Gasteiger partial charge on any atom is 0.320 e. The van der Waals surface area contributed by atoms with Crippen molar-refractivity contribution in [3.63, 3.8) is 0 Å². The summed E-state index contributed by atoms with van der Waals surface area (Å²) in [5.74, 6) is -0.761. The van der Waals surface area contributed by atoms with Crippen molar-refractivity contribution in [1.82, 2.24) is 5.32 Å². The number of rotatable bonds is 5. The van der Waals surface area contributed by atoms with Crippen molar-refractivity contribution in [2.45, 2.75) is 25.3 Å². The van der Waals surface area contributed by atoms with Crippen LogP contribution in [0.2, 0.25) is 0 Å². The van der Waals surface area contributed by atoms with Gasteiger partial charge in [0.05, 0.1) is 0 Å². The Hall–Kier alpha value is -1.17. The van der Waals surface area contributed by atoms with Gasteiger partial charge in [-0.2, -0.15) is 0 Å². The van der Waals surface area contributed by atoms with Crippen molar-refractivity contribution in [1.29, 1.82) is 0 Å². The van der Waals surface area contributed by atoms with Crippen molar-refractivity contribution in [2.75, 3.05) is 6.54 Å². The van der Waals surface area contributed by atoms with Gasteiger partial charge in [-0.3, -0.25) is 4.79 Å². The molecule has 5 heteroatoms. The first-order chi connectivity index (χ1) is 11.5. The van der Waals surface area contributed by atoms with Crippen LogP contribution in [0.25, 0.3) is 0 Å². The number of halogens is 2. The highest BCUT2D eigenvalue weighted by molar-refractivity contribution is 9.10.